The van der Waals surface area contributed by atoms with E-state index in [1.54, 1.807) is 0 Å². The molecule has 0 aromatic heterocycles. The predicted octanol–water partition coefficient (Wildman–Crippen LogP) is 3.26. The maximum absolute atomic E-state index is 5.98. The fourth-order valence-electron chi connectivity index (χ4n) is 2.03. The highest BCUT2D eigenvalue weighted by Crippen LogP contribution is 2.33. The van der Waals surface area contributed by atoms with E-state index in [9.17, 15) is 0 Å². The van der Waals surface area contributed by atoms with Crippen LogP contribution in [0.4, 0.5) is 0 Å². The first-order valence-electron chi connectivity index (χ1n) is 6.69. The second kappa shape index (κ2) is 8.38. The smallest absolute Gasteiger partial charge is 0.184 e. The van der Waals surface area contributed by atoms with Gasteiger partial charge in [-0.05, 0) is 20.3 Å². The Labute approximate surface area is 124 Å². The van der Waals surface area contributed by atoms with Crippen molar-refractivity contribution >= 4 is 17.6 Å². The van der Waals surface area contributed by atoms with Crippen LogP contribution in [0.25, 0.3) is 0 Å². The first-order chi connectivity index (χ1) is 9.74. The number of aryl methyl sites for hydroxylation is 1. The number of rotatable bonds is 7. The average Bonchev–Trinajstić information content (AvgIpc) is 2.86. The van der Waals surface area contributed by atoms with Crippen molar-refractivity contribution in [1.82, 2.24) is 0 Å². The van der Waals surface area contributed by atoms with Gasteiger partial charge in [0, 0.05) is 23.2 Å². The van der Waals surface area contributed by atoms with Crippen molar-refractivity contribution in [2.45, 2.75) is 25.4 Å². The maximum Gasteiger partial charge on any atom is 0.184 e. The molecule has 0 saturated carbocycles. The Bertz CT molecular complexity index is 383. The maximum atomic E-state index is 5.98. The van der Waals surface area contributed by atoms with Crippen molar-refractivity contribution in [1.29, 1.82) is 0 Å². The highest BCUT2D eigenvalue weighted by atomic mass is 31.1. The van der Waals surface area contributed by atoms with Crippen LogP contribution in [0.1, 0.15) is 17.4 Å². The van der Waals surface area contributed by atoms with Crippen LogP contribution in [0.15, 0.2) is 24.3 Å². The molecule has 1 aromatic rings. The first-order valence-corrected chi connectivity index (χ1v) is 9.50. The second-order valence-electron chi connectivity index (χ2n) is 4.62. The summed E-state index contributed by atoms with van der Waals surface area (Å²) in [7, 11) is 0.917. The zero-order valence-corrected chi connectivity index (χ0v) is 14.1. The quantitative estimate of drug-likeness (QED) is 0.724. The summed E-state index contributed by atoms with van der Waals surface area (Å²) in [5.74, 6) is 0. The summed E-state index contributed by atoms with van der Waals surface area (Å²) >= 11 is 0. The van der Waals surface area contributed by atoms with Gasteiger partial charge in [0.25, 0.3) is 0 Å². The summed E-state index contributed by atoms with van der Waals surface area (Å²) in [6, 6.07) is 8.23. The Hall–Kier alpha value is -0.0800. The van der Waals surface area contributed by atoms with Gasteiger partial charge in [0.2, 0.25) is 0 Å². The Balaban J connectivity index is 2.00. The zero-order valence-electron chi connectivity index (χ0n) is 12.1. The van der Waals surface area contributed by atoms with Crippen molar-refractivity contribution in [3.8, 4) is 0 Å². The number of hydrogen-bond donors (Lipinski definition) is 0. The van der Waals surface area contributed by atoms with Crippen molar-refractivity contribution in [3.63, 3.8) is 0 Å². The fourth-order valence-corrected chi connectivity index (χ4v) is 2.69. The Morgan fingerprint density at radius 1 is 0.950 bits per heavy atom. The monoisotopic (exact) mass is 316 g/mol. The van der Waals surface area contributed by atoms with E-state index in [1.165, 1.54) is 5.56 Å². The lowest BCUT2D eigenvalue weighted by Gasteiger charge is -2.15. The minimum absolute atomic E-state index is 0.0647. The third-order valence-corrected chi connectivity index (χ3v) is 4.06. The minimum Gasteiger partial charge on any atom is -0.360 e. The minimum atomic E-state index is -0.321. The summed E-state index contributed by atoms with van der Waals surface area (Å²) < 4.78 is 23.0. The van der Waals surface area contributed by atoms with E-state index in [-0.39, 0.29) is 18.5 Å². The molecule has 1 saturated heterocycles. The van der Waals surface area contributed by atoms with Gasteiger partial charge in [-0.3, -0.25) is 0 Å². The predicted molar refractivity (Wildman–Crippen MR) is 84.0 cm³/mol. The molecule has 0 spiro atoms. The largest absolute Gasteiger partial charge is 0.360 e. The van der Waals surface area contributed by atoms with Crippen molar-refractivity contribution < 1.29 is 18.5 Å². The third kappa shape index (κ3) is 4.46. The molecule has 6 heteroatoms. The summed E-state index contributed by atoms with van der Waals surface area (Å²) in [6.07, 6.45) is -0.451. The van der Waals surface area contributed by atoms with E-state index in [1.807, 2.05) is 25.5 Å². The molecule has 0 N–H and O–H groups in total. The van der Waals surface area contributed by atoms with Gasteiger partial charge in [0.15, 0.2) is 6.29 Å². The molecule has 4 nitrogen and oxygen atoms in total. The lowest BCUT2D eigenvalue weighted by atomic mass is 10.1. The molecule has 112 valence electrons. The van der Waals surface area contributed by atoms with Crippen LogP contribution >= 0.6 is 17.6 Å². The molecule has 20 heavy (non-hydrogen) atoms. The van der Waals surface area contributed by atoms with Crippen LogP contribution in [0.2, 0.25) is 0 Å². The molecule has 4 unspecified atom stereocenters. The van der Waals surface area contributed by atoms with E-state index in [2.05, 4.69) is 19.1 Å². The molecular formula is C14H22O4P2. The highest BCUT2D eigenvalue weighted by Gasteiger charge is 2.37. The van der Waals surface area contributed by atoms with E-state index < -0.39 is 0 Å². The summed E-state index contributed by atoms with van der Waals surface area (Å²) in [4.78, 5) is 0. The molecule has 4 atom stereocenters. The molecule has 0 radical (unpaired) electrons. The van der Waals surface area contributed by atoms with Gasteiger partial charge in [-0.1, -0.05) is 29.8 Å². The van der Waals surface area contributed by atoms with E-state index in [0.29, 0.717) is 30.8 Å². The summed E-state index contributed by atoms with van der Waals surface area (Å²) in [5, 5.41) is 0. The normalized spacial score (nSPS) is 27.2. The van der Waals surface area contributed by atoms with Gasteiger partial charge >= 0.3 is 0 Å². The third-order valence-electron chi connectivity index (χ3n) is 3.14. The van der Waals surface area contributed by atoms with Gasteiger partial charge in [-0.25, -0.2) is 0 Å². The van der Waals surface area contributed by atoms with E-state index in [0.717, 1.165) is 5.56 Å². The Morgan fingerprint density at radius 3 is 1.90 bits per heavy atom. The van der Waals surface area contributed by atoms with Crippen molar-refractivity contribution in [2.24, 2.45) is 0 Å². The fraction of sp³-hybridized carbons (Fsp3) is 0.571. The van der Waals surface area contributed by atoms with Crippen LogP contribution < -0.4 is 0 Å². The molecule has 1 heterocycles. The molecule has 1 aromatic carbocycles. The molecule has 1 fully saturated rings. The van der Waals surface area contributed by atoms with Gasteiger partial charge < -0.3 is 18.5 Å². The van der Waals surface area contributed by atoms with Crippen molar-refractivity contribution in [3.05, 3.63) is 35.4 Å². The SMILES string of the molecule is CPOCC1OC(c2ccc(C)cc2)OC1COPC. The summed E-state index contributed by atoms with van der Waals surface area (Å²) in [5.41, 5.74) is 2.27. The number of ether oxygens (including phenoxy) is 2. The Kier molecular flexibility index (Phi) is 6.83. The lowest BCUT2D eigenvalue weighted by molar-refractivity contribution is -0.0746. The van der Waals surface area contributed by atoms with E-state index >= 15 is 0 Å². The molecule has 1 aliphatic heterocycles. The second-order valence-corrected chi connectivity index (χ2v) is 6.02. The Morgan fingerprint density at radius 2 is 1.45 bits per heavy atom. The number of benzene rings is 1. The van der Waals surface area contributed by atoms with Gasteiger partial charge in [0.05, 0.1) is 13.2 Å². The molecule has 2 rings (SSSR count). The van der Waals surface area contributed by atoms with Gasteiger partial charge in [-0.2, -0.15) is 0 Å². The van der Waals surface area contributed by atoms with Gasteiger partial charge in [0.1, 0.15) is 12.2 Å². The average molecular weight is 316 g/mol. The summed E-state index contributed by atoms with van der Waals surface area (Å²) in [6.45, 7) is 7.19. The van der Waals surface area contributed by atoms with Crippen LogP contribution in [0, 0.1) is 6.92 Å². The zero-order chi connectivity index (χ0) is 14.4. The van der Waals surface area contributed by atoms with Crippen LogP contribution in [-0.2, 0) is 18.5 Å². The van der Waals surface area contributed by atoms with E-state index in [4.69, 9.17) is 18.5 Å². The van der Waals surface area contributed by atoms with Gasteiger partial charge in [-0.15, -0.1) is 0 Å². The van der Waals surface area contributed by atoms with Crippen LogP contribution in [0.5, 0.6) is 0 Å². The standard InChI is InChI=1S/C14H22O4P2/c1-10-4-6-11(7-5-10)14-17-12(8-15-19-2)13(18-14)9-16-20-3/h4-7,12-14,19-20H,8-9H2,1-3H3. The molecule has 0 bridgehead atoms. The highest BCUT2D eigenvalue weighted by molar-refractivity contribution is 7.31. The van der Waals surface area contributed by atoms with Crippen molar-refractivity contribution in [2.75, 3.05) is 26.5 Å². The molecule has 1 aliphatic rings. The molecule has 0 amide bonds. The van der Waals surface area contributed by atoms with Crippen LogP contribution in [0.3, 0.4) is 0 Å². The lowest BCUT2D eigenvalue weighted by Crippen LogP contribution is -2.30. The molecular weight excluding hydrogens is 294 g/mol. The number of hydrogen-bond acceptors (Lipinski definition) is 4. The first kappa shape index (κ1) is 16.3. The topological polar surface area (TPSA) is 36.9 Å². The van der Waals surface area contributed by atoms with Crippen LogP contribution in [-0.4, -0.2) is 38.8 Å². The molecule has 0 aliphatic carbocycles.